The Morgan fingerprint density at radius 2 is 2.35 bits per heavy atom. The Labute approximate surface area is 111 Å². The molecule has 1 atom stereocenters. The van der Waals surface area contributed by atoms with Gasteiger partial charge in [-0.2, -0.15) is 11.8 Å². The number of thioether (sulfide) groups is 1. The first-order valence-corrected chi connectivity index (χ1v) is 7.72. The average molecular weight is 267 g/mol. The first-order chi connectivity index (χ1) is 8.25. The van der Waals surface area contributed by atoms with E-state index < -0.39 is 0 Å². The Morgan fingerprint density at radius 1 is 1.47 bits per heavy atom. The molecule has 17 heavy (non-hydrogen) atoms. The zero-order chi connectivity index (χ0) is 11.8. The van der Waals surface area contributed by atoms with E-state index in [1.54, 1.807) is 0 Å². The van der Waals surface area contributed by atoms with Crippen LogP contribution in [0, 0.1) is 4.64 Å². The van der Waals surface area contributed by atoms with Crippen LogP contribution in [0.1, 0.15) is 29.5 Å². The molecule has 1 aromatic heterocycles. The van der Waals surface area contributed by atoms with Crippen LogP contribution in [0.15, 0.2) is 0 Å². The van der Waals surface area contributed by atoms with Crippen LogP contribution in [-0.4, -0.2) is 40.0 Å². The molecule has 1 unspecified atom stereocenters. The minimum atomic E-state index is 0.404. The van der Waals surface area contributed by atoms with Crippen LogP contribution in [-0.2, 0) is 12.8 Å². The number of rotatable bonds is 1. The maximum absolute atomic E-state index is 5.42. The molecule has 5 heteroatoms. The van der Waals surface area contributed by atoms with Gasteiger partial charge in [0.25, 0.3) is 0 Å². The highest BCUT2D eigenvalue weighted by Crippen LogP contribution is 2.28. The fraction of sp³-hybridized carbons (Fsp3) is 0.667. The van der Waals surface area contributed by atoms with Crippen molar-refractivity contribution in [2.75, 3.05) is 25.1 Å². The van der Waals surface area contributed by atoms with Gasteiger partial charge in [-0.3, -0.25) is 4.90 Å². The molecule has 1 aliphatic carbocycles. The minimum Gasteiger partial charge on any atom is -0.346 e. The number of nitrogens with zero attached hydrogens (tertiary/aromatic N) is 2. The number of hydrogen-bond acceptors (Lipinski definition) is 4. The third-order valence-corrected chi connectivity index (χ3v) is 5.05. The summed E-state index contributed by atoms with van der Waals surface area (Å²) in [6, 6.07) is 0.404. The fourth-order valence-corrected chi connectivity index (χ4v) is 4.15. The summed E-state index contributed by atoms with van der Waals surface area (Å²) in [5.41, 5.74) is 2.62. The third kappa shape index (κ3) is 2.16. The quantitative estimate of drug-likeness (QED) is 0.792. The first-order valence-electron chi connectivity index (χ1n) is 6.15. The monoisotopic (exact) mass is 267 g/mol. The summed E-state index contributed by atoms with van der Waals surface area (Å²) >= 11 is 7.42. The number of hydrogen-bond donors (Lipinski definition) is 1. The van der Waals surface area contributed by atoms with E-state index in [0.29, 0.717) is 6.04 Å². The van der Waals surface area contributed by atoms with Gasteiger partial charge in [-0.05, 0) is 26.3 Å². The predicted molar refractivity (Wildman–Crippen MR) is 74.1 cm³/mol. The van der Waals surface area contributed by atoms with Crippen molar-refractivity contribution in [3.8, 4) is 0 Å². The predicted octanol–water partition coefficient (Wildman–Crippen LogP) is 2.35. The van der Waals surface area contributed by atoms with E-state index in [2.05, 4.69) is 21.9 Å². The number of H-pyrrole nitrogens is 1. The van der Waals surface area contributed by atoms with Gasteiger partial charge >= 0.3 is 0 Å². The van der Waals surface area contributed by atoms with Crippen molar-refractivity contribution in [2.24, 2.45) is 0 Å². The van der Waals surface area contributed by atoms with Gasteiger partial charge in [0.15, 0.2) is 0 Å². The van der Waals surface area contributed by atoms with Crippen molar-refractivity contribution in [3.63, 3.8) is 0 Å². The lowest BCUT2D eigenvalue weighted by atomic mass is 10.2. The Kier molecular flexibility index (Phi) is 3.23. The van der Waals surface area contributed by atoms with Crippen molar-refractivity contribution in [1.82, 2.24) is 14.9 Å². The van der Waals surface area contributed by atoms with E-state index in [9.17, 15) is 0 Å². The normalized spacial score (nSPS) is 24.9. The molecule has 1 N–H and O–H groups in total. The van der Waals surface area contributed by atoms with Gasteiger partial charge in [-0.25, -0.2) is 4.98 Å². The second-order valence-corrected chi connectivity index (χ2v) is 6.35. The summed E-state index contributed by atoms with van der Waals surface area (Å²) in [5.74, 6) is 3.41. The smallest absolute Gasteiger partial charge is 0.133 e. The molecule has 2 heterocycles. The van der Waals surface area contributed by atoms with E-state index in [0.717, 1.165) is 35.6 Å². The lowest BCUT2D eigenvalue weighted by Gasteiger charge is -2.31. The molecule has 0 aromatic carbocycles. The van der Waals surface area contributed by atoms with Crippen molar-refractivity contribution in [2.45, 2.75) is 25.3 Å². The molecule has 0 amide bonds. The van der Waals surface area contributed by atoms with Crippen LogP contribution in [0.4, 0.5) is 0 Å². The number of aromatic amines is 1. The van der Waals surface area contributed by atoms with Crippen LogP contribution in [0.25, 0.3) is 0 Å². The van der Waals surface area contributed by atoms with Crippen molar-refractivity contribution >= 4 is 24.0 Å². The highest BCUT2D eigenvalue weighted by Gasteiger charge is 2.25. The largest absolute Gasteiger partial charge is 0.346 e. The van der Waals surface area contributed by atoms with Gasteiger partial charge in [-0.1, -0.05) is 12.2 Å². The molecule has 0 spiro atoms. The molecule has 1 saturated heterocycles. The van der Waals surface area contributed by atoms with Crippen LogP contribution in [0.5, 0.6) is 0 Å². The standard InChI is InChI=1S/C12H17N3S2/c1-15-5-6-17-7-10(15)11-13-9-4-2-3-8(9)12(16)14-11/h10H,2-7H2,1H3,(H,13,14,16). The summed E-state index contributed by atoms with van der Waals surface area (Å²) in [4.78, 5) is 10.5. The molecule has 2 aliphatic rings. The number of nitrogens with one attached hydrogen (secondary N) is 1. The second kappa shape index (κ2) is 4.71. The van der Waals surface area contributed by atoms with E-state index in [-0.39, 0.29) is 0 Å². The Bertz CT molecular complexity index is 483. The average Bonchev–Trinajstić information content (AvgIpc) is 2.78. The molecule has 1 fully saturated rings. The zero-order valence-corrected chi connectivity index (χ0v) is 11.7. The molecule has 0 radical (unpaired) electrons. The highest BCUT2D eigenvalue weighted by atomic mass is 32.2. The molecule has 1 aromatic rings. The lowest BCUT2D eigenvalue weighted by Crippen LogP contribution is -2.34. The number of aromatic nitrogens is 2. The molecule has 0 bridgehead atoms. The number of aryl methyl sites for hydroxylation is 1. The molecule has 3 rings (SSSR count). The highest BCUT2D eigenvalue weighted by molar-refractivity contribution is 7.99. The molecule has 3 nitrogen and oxygen atoms in total. The topological polar surface area (TPSA) is 31.9 Å². The Balaban J connectivity index is 1.98. The van der Waals surface area contributed by atoms with Gasteiger partial charge in [-0.15, -0.1) is 0 Å². The molecular weight excluding hydrogens is 250 g/mol. The summed E-state index contributed by atoms with van der Waals surface area (Å²) in [5, 5.41) is 0. The molecular formula is C12H17N3S2. The molecule has 0 saturated carbocycles. The van der Waals surface area contributed by atoms with Crippen molar-refractivity contribution in [1.29, 1.82) is 0 Å². The van der Waals surface area contributed by atoms with Gasteiger partial charge in [0.1, 0.15) is 10.5 Å². The van der Waals surface area contributed by atoms with Gasteiger partial charge in [0.05, 0.1) is 6.04 Å². The minimum absolute atomic E-state index is 0.404. The van der Waals surface area contributed by atoms with Gasteiger partial charge in [0, 0.05) is 29.3 Å². The van der Waals surface area contributed by atoms with Crippen LogP contribution < -0.4 is 0 Å². The Hall–Kier alpha value is -0.390. The van der Waals surface area contributed by atoms with Crippen molar-refractivity contribution in [3.05, 3.63) is 21.7 Å². The second-order valence-electron chi connectivity index (χ2n) is 4.81. The number of fused-ring (bicyclic) bond motifs is 1. The first kappa shape index (κ1) is 11.7. The van der Waals surface area contributed by atoms with Crippen LogP contribution in [0.2, 0.25) is 0 Å². The fourth-order valence-electron chi connectivity index (χ4n) is 2.61. The molecule has 1 aliphatic heterocycles. The van der Waals surface area contributed by atoms with Gasteiger partial charge < -0.3 is 4.98 Å². The van der Waals surface area contributed by atoms with Crippen molar-refractivity contribution < 1.29 is 0 Å². The van der Waals surface area contributed by atoms with E-state index in [1.165, 1.54) is 23.4 Å². The maximum Gasteiger partial charge on any atom is 0.133 e. The SMILES string of the molecule is CN1CCSCC1c1nc(=S)c2c([nH]1)CCC2. The van der Waals surface area contributed by atoms with Gasteiger partial charge in [0.2, 0.25) is 0 Å². The van der Waals surface area contributed by atoms with Crippen LogP contribution >= 0.6 is 24.0 Å². The zero-order valence-electron chi connectivity index (χ0n) is 10.0. The van der Waals surface area contributed by atoms with E-state index in [1.807, 2.05) is 11.8 Å². The summed E-state index contributed by atoms with van der Waals surface area (Å²) in [6.45, 7) is 1.13. The summed E-state index contributed by atoms with van der Waals surface area (Å²) < 4.78 is 0.829. The Morgan fingerprint density at radius 3 is 3.18 bits per heavy atom. The maximum atomic E-state index is 5.42. The molecule has 92 valence electrons. The lowest BCUT2D eigenvalue weighted by molar-refractivity contribution is 0.264. The third-order valence-electron chi connectivity index (χ3n) is 3.69. The van der Waals surface area contributed by atoms with Crippen LogP contribution in [0.3, 0.4) is 0 Å². The summed E-state index contributed by atoms with van der Waals surface area (Å²) in [7, 11) is 2.18. The summed E-state index contributed by atoms with van der Waals surface area (Å²) in [6.07, 6.45) is 3.46. The van der Waals surface area contributed by atoms with E-state index >= 15 is 0 Å². The van der Waals surface area contributed by atoms with E-state index in [4.69, 9.17) is 12.2 Å².